The van der Waals surface area contributed by atoms with Crippen molar-refractivity contribution < 1.29 is 13.6 Å². The Morgan fingerprint density at radius 3 is 2.38 bits per heavy atom. The van der Waals surface area contributed by atoms with E-state index in [4.69, 9.17) is 5.73 Å². The van der Waals surface area contributed by atoms with E-state index in [1.807, 2.05) is 35.2 Å². The highest BCUT2D eigenvalue weighted by molar-refractivity contribution is 5.87. The number of nitrogens with zero attached hydrogens (tertiary/aromatic N) is 1. The molecular formula is C21H27Cl2F2N3O. The Morgan fingerprint density at radius 2 is 1.76 bits per heavy atom. The number of likely N-dealkylation sites (tertiary alicyclic amines) is 1. The van der Waals surface area contributed by atoms with Crippen LogP contribution in [0.4, 0.5) is 8.78 Å². The van der Waals surface area contributed by atoms with Crippen LogP contribution in [0, 0.1) is 11.6 Å². The number of rotatable bonds is 5. The Balaban J connectivity index is 0.00000210. The molecule has 1 heterocycles. The van der Waals surface area contributed by atoms with Gasteiger partial charge in [-0.1, -0.05) is 36.4 Å². The zero-order valence-electron chi connectivity index (χ0n) is 16.2. The number of hydrogen-bond donors (Lipinski definition) is 2. The third-order valence-electron chi connectivity index (χ3n) is 5.13. The highest BCUT2D eigenvalue weighted by Crippen LogP contribution is 2.21. The summed E-state index contributed by atoms with van der Waals surface area (Å²) in [7, 11) is 0. The number of nitrogens with one attached hydrogen (secondary N) is 1. The fourth-order valence-corrected chi connectivity index (χ4v) is 3.47. The molecule has 1 saturated heterocycles. The minimum Gasteiger partial charge on any atom is -0.350 e. The zero-order chi connectivity index (χ0) is 19.4. The van der Waals surface area contributed by atoms with Gasteiger partial charge >= 0.3 is 0 Å². The van der Waals surface area contributed by atoms with Gasteiger partial charge in [-0.2, -0.15) is 0 Å². The molecule has 8 heteroatoms. The number of amides is 1. The van der Waals surface area contributed by atoms with E-state index >= 15 is 0 Å². The first kappa shape index (κ1) is 25.3. The fourth-order valence-electron chi connectivity index (χ4n) is 3.47. The lowest BCUT2D eigenvalue weighted by molar-refractivity contribution is -0.127. The SMILES string of the molecule is CC(N)(C(=O)NC1CCCN(Cc2c(F)cccc2F)C1)c1ccccc1.Cl.Cl. The van der Waals surface area contributed by atoms with E-state index in [9.17, 15) is 13.6 Å². The van der Waals surface area contributed by atoms with Crippen molar-refractivity contribution in [3.63, 3.8) is 0 Å². The minimum absolute atomic E-state index is 0. The van der Waals surface area contributed by atoms with Gasteiger partial charge < -0.3 is 11.1 Å². The van der Waals surface area contributed by atoms with Crippen LogP contribution in [0.2, 0.25) is 0 Å². The molecule has 0 bridgehead atoms. The maximum absolute atomic E-state index is 13.9. The standard InChI is InChI=1S/C21H25F2N3O.2ClH/c1-21(24,15-7-3-2-4-8-15)20(27)25-16-9-6-12-26(13-16)14-17-18(22)10-5-11-19(17)23;;/h2-5,7-8,10-11,16H,6,9,12-14,24H2,1H3,(H,25,27);2*1H. The second kappa shape index (κ2) is 10.9. The normalized spacial score (nSPS) is 18.7. The van der Waals surface area contributed by atoms with E-state index in [2.05, 4.69) is 5.32 Å². The molecule has 3 rings (SSSR count). The van der Waals surface area contributed by atoms with Crippen molar-refractivity contribution in [3.8, 4) is 0 Å². The summed E-state index contributed by atoms with van der Waals surface area (Å²) in [6.45, 7) is 3.14. The first-order valence-corrected chi connectivity index (χ1v) is 9.18. The molecule has 1 aliphatic heterocycles. The molecule has 2 atom stereocenters. The van der Waals surface area contributed by atoms with E-state index < -0.39 is 17.2 Å². The molecule has 2 aromatic rings. The Bertz CT molecular complexity index is 786. The number of nitrogens with two attached hydrogens (primary N) is 1. The van der Waals surface area contributed by atoms with Gasteiger partial charge in [0.25, 0.3) is 0 Å². The van der Waals surface area contributed by atoms with Crippen molar-refractivity contribution in [2.75, 3.05) is 13.1 Å². The van der Waals surface area contributed by atoms with Crippen molar-refractivity contribution in [2.24, 2.45) is 5.73 Å². The van der Waals surface area contributed by atoms with Crippen LogP contribution in [0.25, 0.3) is 0 Å². The van der Waals surface area contributed by atoms with E-state index in [-0.39, 0.29) is 48.9 Å². The number of benzene rings is 2. The molecule has 3 N–H and O–H groups in total. The van der Waals surface area contributed by atoms with E-state index in [1.54, 1.807) is 6.92 Å². The number of piperidine rings is 1. The molecule has 1 fully saturated rings. The monoisotopic (exact) mass is 445 g/mol. The number of hydrogen-bond acceptors (Lipinski definition) is 3. The Kier molecular flexibility index (Phi) is 9.49. The molecule has 2 unspecified atom stereocenters. The van der Waals surface area contributed by atoms with Gasteiger partial charge in [-0.3, -0.25) is 9.69 Å². The van der Waals surface area contributed by atoms with Crippen LogP contribution in [-0.4, -0.2) is 29.9 Å². The van der Waals surface area contributed by atoms with Crippen LogP contribution in [0.5, 0.6) is 0 Å². The molecule has 4 nitrogen and oxygen atoms in total. The summed E-state index contributed by atoms with van der Waals surface area (Å²) in [6.07, 6.45) is 1.65. The predicted octanol–water partition coefficient (Wildman–Crippen LogP) is 3.76. The Labute approximate surface area is 182 Å². The minimum atomic E-state index is -1.14. The van der Waals surface area contributed by atoms with E-state index in [1.165, 1.54) is 18.2 Å². The lowest BCUT2D eigenvalue weighted by Crippen LogP contribution is -2.55. The number of halogens is 4. The van der Waals surface area contributed by atoms with Gasteiger partial charge in [-0.05, 0) is 44.0 Å². The first-order chi connectivity index (χ1) is 12.9. The molecule has 160 valence electrons. The van der Waals surface area contributed by atoms with Gasteiger partial charge in [0, 0.05) is 24.7 Å². The van der Waals surface area contributed by atoms with Crippen LogP contribution < -0.4 is 11.1 Å². The maximum Gasteiger partial charge on any atom is 0.244 e. The second-order valence-electron chi connectivity index (χ2n) is 7.32. The third kappa shape index (κ3) is 6.12. The predicted molar refractivity (Wildman–Crippen MR) is 115 cm³/mol. The quantitative estimate of drug-likeness (QED) is 0.736. The zero-order valence-corrected chi connectivity index (χ0v) is 17.9. The summed E-state index contributed by atoms with van der Waals surface area (Å²) in [5, 5.41) is 3.01. The lowest BCUT2D eigenvalue weighted by atomic mass is 9.91. The number of carbonyl (C=O) groups excluding carboxylic acids is 1. The van der Waals surface area contributed by atoms with E-state index in [0.717, 1.165) is 24.9 Å². The van der Waals surface area contributed by atoms with Crippen LogP contribution in [0.3, 0.4) is 0 Å². The molecule has 0 radical (unpaired) electrons. The maximum atomic E-state index is 13.9. The topological polar surface area (TPSA) is 58.4 Å². The summed E-state index contributed by atoms with van der Waals surface area (Å²) in [5.74, 6) is -1.34. The van der Waals surface area contributed by atoms with Gasteiger partial charge in [-0.15, -0.1) is 24.8 Å². The van der Waals surface area contributed by atoms with Crippen LogP contribution in [0.1, 0.15) is 30.9 Å². The average molecular weight is 446 g/mol. The van der Waals surface area contributed by atoms with Crippen molar-refractivity contribution >= 4 is 30.7 Å². The van der Waals surface area contributed by atoms with Gasteiger partial charge in [0.1, 0.15) is 17.2 Å². The van der Waals surface area contributed by atoms with Crippen LogP contribution in [-0.2, 0) is 16.9 Å². The number of carbonyl (C=O) groups is 1. The van der Waals surface area contributed by atoms with Crippen molar-refractivity contribution in [1.82, 2.24) is 10.2 Å². The van der Waals surface area contributed by atoms with Gasteiger partial charge in [-0.25, -0.2) is 8.78 Å². The molecule has 1 amide bonds. The summed E-state index contributed by atoms with van der Waals surface area (Å²) in [6, 6.07) is 13.0. The summed E-state index contributed by atoms with van der Waals surface area (Å²) >= 11 is 0. The third-order valence-corrected chi connectivity index (χ3v) is 5.13. The smallest absolute Gasteiger partial charge is 0.244 e. The van der Waals surface area contributed by atoms with Crippen molar-refractivity contribution in [1.29, 1.82) is 0 Å². The Morgan fingerprint density at radius 1 is 1.14 bits per heavy atom. The largest absolute Gasteiger partial charge is 0.350 e. The highest BCUT2D eigenvalue weighted by atomic mass is 35.5. The molecule has 0 aliphatic carbocycles. The van der Waals surface area contributed by atoms with Crippen LogP contribution in [0.15, 0.2) is 48.5 Å². The lowest BCUT2D eigenvalue weighted by Gasteiger charge is -2.35. The van der Waals surface area contributed by atoms with Gasteiger partial charge in [0.05, 0.1) is 0 Å². The first-order valence-electron chi connectivity index (χ1n) is 9.18. The molecular weight excluding hydrogens is 419 g/mol. The van der Waals surface area contributed by atoms with Crippen molar-refractivity contribution in [2.45, 2.75) is 37.9 Å². The van der Waals surface area contributed by atoms with E-state index in [0.29, 0.717) is 6.54 Å². The molecule has 2 aromatic carbocycles. The molecule has 29 heavy (non-hydrogen) atoms. The fraction of sp³-hybridized carbons (Fsp3) is 0.381. The highest BCUT2D eigenvalue weighted by Gasteiger charge is 2.33. The van der Waals surface area contributed by atoms with Crippen molar-refractivity contribution in [3.05, 3.63) is 71.3 Å². The van der Waals surface area contributed by atoms with Crippen LogP contribution >= 0.6 is 24.8 Å². The molecule has 0 spiro atoms. The van der Waals surface area contributed by atoms with Gasteiger partial charge in [0.2, 0.25) is 5.91 Å². The summed E-state index contributed by atoms with van der Waals surface area (Å²) in [4.78, 5) is 14.7. The Hall–Kier alpha value is -1.73. The summed E-state index contributed by atoms with van der Waals surface area (Å²) in [5.41, 5.74) is 5.94. The molecule has 0 saturated carbocycles. The van der Waals surface area contributed by atoms with Gasteiger partial charge in [0.15, 0.2) is 0 Å². The molecule has 1 aliphatic rings. The average Bonchev–Trinajstić information content (AvgIpc) is 2.66. The second-order valence-corrected chi connectivity index (χ2v) is 7.32. The molecule has 0 aromatic heterocycles. The summed E-state index contributed by atoms with van der Waals surface area (Å²) < 4.78 is 27.8.